The van der Waals surface area contributed by atoms with Gasteiger partial charge >= 0.3 is 6.09 Å². The highest BCUT2D eigenvalue weighted by atomic mass is 16.6. The van der Waals surface area contributed by atoms with Crippen LogP contribution in [0.2, 0.25) is 0 Å². The molecule has 0 saturated carbocycles. The lowest BCUT2D eigenvalue weighted by Gasteiger charge is -2.27. The van der Waals surface area contributed by atoms with Gasteiger partial charge in [-0.2, -0.15) is 0 Å². The second-order valence-electron chi connectivity index (χ2n) is 3.43. The number of hydrogen-bond donors (Lipinski definition) is 3. The molecule has 15 heavy (non-hydrogen) atoms. The van der Waals surface area contributed by atoms with Crippen molar-refractivity contribution in [1.29, 1.82) is 0 Å². The maximum atomic E-state index is 10.9. The molecule has 82 valence electrons. The number of carbonyl (C=O) groups excluding carboxylic acids is 1. The lowest BCUT2D eigenvalue weighted by molar-refractivity contribution is 0.0572. The number of ether oxygens (including phenoxy) is 1. The standard InChI is InChI=1S/C10H14N2O3/c1-3-7-4-8(15-10(14)12-11)5-9(13)6(7)2/h1,8-9,13H,4-5,11H2,2H3,(H,12,14)/t8-,9-/m1/s1. The SMILES string of the molecule is C#CC1=C(C)[C@H](O)C[C@H](OC(=O)NN)C1. The first kappa shape index (κ1) is 11.6. The molecule has 0 unspecified atom stereocenters. The summed E-state index contributed by atoms with van der Waals surface area (Å²) < 4.78 is 4.93. The Hall–Kier alpha value is -1.51. The first-order valence-electron chi connectivity index (χ1n) is 4.60. The fourth-order valence-corrected chi connectivity index (χ4v) is 1.55. The van der Waals surface area contributed by atoms with Gasteiger partial charge in [0.05, 0.1) is 6.10 Å². The monoisotopic (exact) mass is 210 g/mol. The van der Waals surface area contributed by atoms with E-state index in [4.69, 9.17) is 17.0 Å². The first-order valence-corrected chi connectivity index (χ1v) is 4.60. The molecule has 1 rings (SSSR count). The molecule has 0 radical (unpaired) electrons. The van der Waals surface area contributed by atoms with Crippen molar-refractivity contribution in [2.45, 2.75) is 32.0 Å². The number of terminal acetylenes is 1. The summed E-state index contributed by atoms with van der Waals surface area (Å²) in [5.41, 5.74) is 3.31. The second kappa shape index (κ2) is 4.82. The molecule has 0 heterocycles. The van der Waals surface area contributed by atoms with Gasteiger partial charge in [-0.15, -0.1) is 6.42 Å². The van der Waals surface area contributed by atoms with Crippen LogP contribution in [0.15, 0.2) is 11.1 Å². The third-order valence-corrected chi connectivity index (χ3v) is 2.46. The van der Waals surface area contributed by atoms with E-state index in [0.717, 1.165) is 5.57 Å². The minimum atomic E-state index is -0.719. The van der Waals surface area contributed by atoms with E-state index < -0.39 is 18.3 Å². The quantitative estimate of drug-likeness (QED) is 0.247. The molecule has 0 aromatic rings. The van der Waals surface area contributed by atoms with Gasteiger partial charge in [0.25, 0.3) is 0 Å². The van der Waals surface area contributed by atoms with E-state index in [0.29, 0.717) is 18.4 Å². The predicted octanol–water partition coefficient (Wildman–Crippen LogP) is 0.0593. The molecule has 5 nitrogen and oxygen atoms in total. The van der Waals surface area contributed by atoms with Crippen molar-refractivity contribution >= 4 is 6.09 Å². The van der Waals surface area contributed by atoms with Crippen molar-refractivity contribution in [3.05, 3.63) is 11.1 Å². The normalized spacial score (nSPS) is 25.7. The Morgan fingerprint density at radius 3 is 3.00 bits per heavy atom. The number of carbonyl (C=O) groups is 1. The summed E-state index contributed by atoms with van der Waals surface area (Å²) in [6.45, 7) is 1.78. The lowest BCUT2D eigenvalue weighted by atomic mass is 9.89. The Morgan fingerprint density at radius 1 is 1.80 bits per heavy atom. The Bertz CT molecular complexity index is 330. The van der Waals surface area contributed by atoms with Crippen LogP contribution in [0.25, 0.3) is 0 Å². The van der Waals surface area contributed by atoms with Crippen LogP contribution in [0.4, 0.5) is 4.79 Å². The summed E-state index contributed by atoms with van der Waals surface area (Å²) in [5, 5.41) is 9.64. The molecule has 1 aliphatic carbocycles. The van der Waals surface area contributed by atoms with Gasteiger partial charge in [0.1, 0.15) is 6.10 Å². The first-order chi connectivity index (χ1) is 7.08. The zero-order valence-corrected chi connectivity index (χ0v) is 8.49. The number of hydrogen-bond acceptors (Lipinski definition) is 4. The summed E-state index contributed by atoms with van der Waals surface area (Å²) in [5.74, 6) is 7.36. The second-order valence-corrected chi connectivity index (χ2v) is 3.43. The largest absolute Gasteiger partial charge is 0.445 e. The molecule has 0 saturated heterocycles. The fourth-order valence-electron chi connectivity index (χ4n) is 1.55. The predicted molar refractivity (Wildman–Crippen MR) is 54.4 cm³/mol. The Kier molecular flexibility index (Phi) is 3.72. The molecule has 0 spiro atoms. The van der Waals surface area contributed by atoms with Crippen molar-refractivity contribution in [3.8, 4) is 12.3 Å². The maximum absolute atomic E-state index is 10.9. The van der Waals surface area contributed by atoms with Crippen LogP contribution in [0.3, 0.4) is 0 Å². The van der Waals surface area contributed by atoms with Crippen molar-refractivity contribution in [2.75, 3.05) is 0 Å². The Morgan fingerprint density at radius 2 is 2.47 bits per heavy atom. The molecule has 0 fully saturated rings. The van der Waals surface area contributed by atoms with Crippen LogP contribution < -0.4 is 11.3 Å². The highest BCUT2D eigenvalue weighted by molar-refractivity contribution is 5.66. The van der Waals surface area contributed by atoms with Gasteiger partial charge in [-0.05, 0) is 12.5 Å². The van der Waals surface area contributed by atoms with E-state index in [1.807, 2.05) is 5.43 Å². The number of aliphatic hydroxyl groups is 1. The molecule has 0 bridgehead atoms. The molecule has 0 aromatic carbocycles. The van der Waals surface area contributed by atoms with E-state index in [2.05, 4.69) is 5.92 Å². The van der Waals surface area contributed by atoms with Crippen LogP contribution in [-0.2, 0) is 4.74 Å². The number of hydrazine groups is 1. The smallest absolute Gasteiger partial charge is 0.421 e. The van der Waals surface area contributed by atoms with Gasteiger partial charge in [-0.25, -0.2) is 10.6 Å². The van der Waals surface area contributed by atoms with Gasteiger partial charge in [-0.1, -0.05) is 5.92 Å². The van der Waals surface area contributed by atoms with Gasteiger partial charge in [0.2, 0.25) is 0 Å². The van der Waals surface area contributed by atoms with Crippen LogP contribution >= 0.6 is 0 Å². The van der Waals surface area contributed by atoms with Crippen molar-refractivity contribution < 1.29 is 14.6 Å². The zero-order chi connectivity index (χ0) is 11.4. The van der Waals surface area contributed by atoms with E-state index in [1.54, 1.807) is 6.92 Å². The summed E-state index contributed by atoms with van der Waals surface area (Å²) in [6.07, 6.45) is 4.29. The summed E-state index contributed by atoms with van der Waals surface area (Å²) in [4.78, 5) is 10.9. The lowest BCUT2D eigenvalue weighted by Crippen LogP contribution is -2.37. The van der Waals surface area contributed by atoms with E-state index >= 15 is 0 Å². The van der Waals surface area contributed by atoms with Crippen molar-refractivity contribution in [2.24, 2.45) is 5.84 Å². The average molecular weight is 210 g/mol. The number of nitrogens with one attached hydrogen (secondary N) is 1. The van der Waals surface area contributed by atoms with Crippen LogP contribution in [0.5, 0.6) is 0 Å². The Balaban J connectivity index is 2.69. The fraction of sp³-hybridized carbons (Fsp3) is 0.500. The van der Waals surface area contributed by atoms with Gasteiger partial charge < -0.3 is 9.84 Å². The Labute approximate surface area is 88.3 Å². The highest BCUT2D eigenvalue weighted by Gasteiger charge is 2.27. The topological polar surface area (TPSA) is 84.6 Å². The zero-order valence-electron chi connectivity index (χ0n) is 8.49. The molecular weight excluding hydrogens is 196 g/mol. The minimum Gasteiger partial charge on any atom is -0.445 e. The molecule has 0 aliphatic heterocycles. The number of aliphatic hydroxyl groups excluding tert-OH is 1. The third kappa shape index (κ3) is 2.72. The van der Waals surface area contributed by atoms with Gasteiger partial charge in [-0.3, -0.25) is 5.43 Å². The maximum Gasteiger partial charge on any atom is 0.421 e. The number of rotatable bonds is 1. The molecule has 2 atom stereocenters. The van der Waals surface area contributed by atoms with Gasteiger partial charge in [0, 0.05) is 18.4 Å². The van der Waals surface area contributed by atoms with Crippen LogP contribution in [0.1, 0.15) is 19.8 Å². The number of nitrogens with two attached hydrogens (primary N) is 1. The van der Waals surface area contributed by atoms with Crippen LogP contribution in [-0.4, -0.2) is 23.4 Å². The summed E-state index contributed by atoms with van der Waals surface area (Å²) in [6, 6.07) is 0. The summed E-state index contributed by atoms with van der Waals surface area (Å²) in [7, 11) is 0. The third-order valence-electron chi connectivity index (χ3n) is 2.46. The number of amides is 1. The van der Waals surface area contributed by atoms with Crippen LogP contribution in [0, 0.1) is 12.3 Å². The molecule has 1 aliphatic rings. The van der Waals surface area contributed by atoms with Crippen molar-refractivity contribution in [3.63, 3.8) is 0 Å². The van der Waals surface area contributed by atoms with E-state index in [9.17, 15) is 9.90 Å². The minimum absolute atomic E-state index is 0.352. The van der Waals surface area contributed by atoms with Crippen molar-refractivity contribution in [1.82, 2.24) is 5.43 Å². The molecule has 4 N–H and O–H groups in total. The highest BCUT2D eigenvalue weighted by Crippen LogP contribution is 2.26. The molecule has 5 heteroatoms. The molecule has 1 amide bonds. The van der Waals surface area contributed by atoms with Gasteiger partial charge in [0.15, 0.2) is 0 Å². The van der Waals surface area contributed by atoms with E-state index in [-0.39, 0.29) is 0 Å². The van der Waals surface area contributed by atoms with E-state index in [1.165, 1.54) is 0 Å². The summed E-state index contributed by atoms with van der Waals surface area (Å²) >= 11 is 0. The molecular formula is C10H14N2O3. The molecule has 0 aromatic heterocycles. The average Bonchev–Trinajstić information content (AvgIpc) is 2.22.